The van der Waals surface area contributed by atoms with Crippen molar-refractivity contribution in [1.82, 2.24) is 10.2 Å². The minimum atomic E-state index is -0.243. The van der Waals surface area contributed by atoms with Crippen molar-refractivity contribution in [2.45, 2.75) is 25.8 Å². The lowest BCUT2D eigenvalue weighted by atomic mass is 10.0. The lowest BCUT2D eigenvalue weighted by Crippen LogP contribution is -2.37. The van der Waals surface area contributed by atoms with Gasteiger partial charge in [-0.25, -0.2) is 0 Å². The Labute approximate surface area is 222 Å². The van der Waals surface area contributed by atoms with Crippen molar-refractivity contribution >= 4 is 35.0 Å². The van der Waals surface area contributed by atoms with Crippen LogP contribution in [0.5, 0.6) is 11.5 Å². The third kappa shape index (κ3) is 7.15. The Morgan fingerprint density at radius 2 is 1.64 bits per heavy atom. The standard InChI is InChI=1S/C28H30Cl2N2O4/c1-19(21-7-5-4-6-8-21)32(28(34)22-10-11-23(29)24(30)18-22)16-14-27(33)31-15-13-20-9-12-25(35-2)26(17-20)36-3/h4-12,17-19H,13-16H2,1-3H3,(H,31,33). The number of methoxy groups -OCH3 is 2. The average Bonchev–Trinajstić information content (AvgIpc) is 2.90. The van der Waals surface area contributed by atoms with E-state index in [9.17, 15) is 9.59 Å². The molecule has 1 N–H and O–H groups in total. The summed E-state index contributed by atoms with van der Waals surface area (Å²) in [7, 11) is 3.18. The van der Waals surface area contributed by atoms with Crippen LogP contribution in [0.3, 0.4) is 0 Å². The van der Waals surface area contributed by atoms with Gasteiger partial charge in [-0.15, -0.1) is 0 Å². The number of nitrogens with zero attached hydrogens (tertiary/aromatic N) is 1. The molecule has 0 saturated carbocycles. The van der Waals surface area contributed by atoms with Crippen LogP contribution in [0.15, 0.2) is 66.7 Å². The Kier molecular flexibility index (Phi) is 10.0. The second-order valence-corrected chi connectivity index (χ2v) is 9.07. The number of hydrogen-bond acceptors (Lipinski definition) is 4. The van der Waals surface area contributed by atoms with E-state index in [4.69, 9.17) is 32.7 Å². The quantitative estimate of drug-likeness (QED) is 0.333. The zero-order valence-corrected chi connectivity index (χ0v) is 22.1. The highest BCUT2D eigenvalue weighted by atomic mass is 35.5. The average molecular weight is 529 g/mol. The maximum absolute atomic E-state index is 13.4. The molecule has 190 valence electrons. The molecule has 3 rings (SSSR count). The van der Waals surface area contributed by atoms with Crippen molar-refractivity contribution < 1.29 is 19.1 Å². The molecule has 0 aliphatic rings. The van der Waals surface area contributed by atoms with E-state index in [0.717, 1.165) is 11.1 Å². The van der Waals surface area contributed by atoms with Gasteiger partial charge in [-0.1, -0.05) is 59.6 Å². The second-order valence-electron chi connectivity index (χ2n) is 8.25. The largest absolute Gasteiger partial charge is 0.493 e. The van der Waals surface area contributed by atoms with Crippen LogP contribution in [-0.4, -0.2) is 44.0 Å². The molecular weight excluding hydrogens is 499 g/mol. The van der Waals surface area contributed by atoms with E-state index in [-0.39, 0.29) is 30.8 Å². The smallest absolute Gasteiger partial charge is 0.254 e. The number of halogens is 2. The van der Waals surface area contributed by atoms with E-state index in [1.54, 1.807) is 37.3 Å². The number of benzene rings is 3. The van der Waals surface area contributed by atoms with Crippen molar-refractivity contribution in [1.29, 1.82) is 0 Å². The molecule has 1 atom stereocenters. The topological polar surface area (TPSA) is 67.9 Å². The van der Waals surface area contributed by atoms with Gasteiger partial charge in [-0.3, -0.25) is 9.59 Å². The molecule has 3 aromatic rings. The molecule has 2 amide bonds. The fraction of sp³-hybridized carbons (Fsp3) is 0.286. The summed E-state index contributed by atoms with van der Waals surface area (Å²) in [6.07, 6.45) is 0.800. The van der Waals surface area contributed by atoms with Crippen LogP contribution >= 0.6 is 23.2 Å². The van der Waals surface area contributed by atoms with Crippen LogP contribution in [-0.2, 0) is 11.2 Å². The summed E-state index contributed by atoms with van der Waals surface area (Å²) in [4.78, 5) is 27.7. The molecule has 6 nitrogen and oxygen atoms in total. The van der Waals surface area contributed by atoms with E-state index in [1.165, 1.54) is 0 Å². The monoisotopic (exact) mass is 528 g/mol. The summed E-state index contributed by atoms with van der Waals surface area (Å²) in [5.74, 6) is 0.947. The number of carbonyl (C=O) groups excluding carboxylic acids is 2. The zero-order valence-electron chi connectivity index (χ0n) is 20.6. The van der Waals surface area contributed by atoms with Gasteiger partial charge in [-0.05, 0) is 54.8 Å². The number of amides is 2. The van der Waals surface area contributed by atoms with E-state index in [2.05, 4.69) is 5.32 Å². The molecule has 0 heterocycles. The highest BCUT2D eigenvalue weighted by Gasteiger charge is 2.24. The van der Waals surface area contributed by atoms with E-state index in [1.807, 2.05) is 55.5 Å². The van der Waals surface area contributed by atoms with Crippen molar-refractivity contribution in [2.24, 2.45) is 0 Å². The summed E-state index contributed by atoms with van der Waals surface area (Å²) in [5, 5.41) is 3.63. The predicted molar refractivity (Wildman–Crippen MR) is 143 cm³/mol. The minimum Gasteiger partial charge on any atom is -0.493 e. The van der Waals surface area contributed by atoms with Crippen LogP contribution < -0.4 is 14.8 Å². The molecule has 0 aliphatic carbocycles. The lowest BCUT2D eigenvalue weighted by Gasteiger charge is -2.30. The molecule has 36 heavy (non-hydrogen) atoms. The number of hydrogen-bond donors (Lipinski definition) is 1. The van der Waals surface area contributed by atoms with E-state index >= 15 is 0 Å². The van der Waals surface area contributed by atoms with Gasteiger partial charge in [0, 0.05) is 25.1 Å². The minimum absolute atomic E-state index is 0.136. The van der Waals surface area contributed by atoms with Gasteiger partial charge < -0.3 is 19.7 Å². The van der Waals surface area contributed by atoms with Crippen LogP contribution in [0.1, 0.15) is 40.9 Å². The van der Waals surface area contributed by atoms with Gasteiger partial charge in [0.1, 0.15) is 0 Å². The molecule has 0 saturated heterocycles. The van der Waals surface area contributed by atoms with Crippen molar-refractivity contribution in [2.75, 3.05) is 27.3 Å². The fourth-order valence-electron chi connectivity index (χ4n) is 3.87. The van der Waals surface area contributed by atoms with Gasteiger partial charge in [0.2, 0.25) is 5.91 Å². The van der Waals surface area contributed by atoms with Crippen LogP contribution in [0.2, 0.25) is 10.0 Å². The molecule has 8 heteroatoms. The van der Waals surface area contributed by atoms with Crippen molar-refractivity contribution in [3.8, 4) is 11.5 Å². The van der Waals surface area contributed by atoms with Crippen molar-refractivity contribution in [3.63, 3.8) is 0 Å². The SMILES string of the molecule is COc1ccc(CCNC(=O)CCN(C(=O)c2ccc(Cl)c(Cl)c2)C(C)c2ccccc2)cc1OC. The third-order valence-electron chi connectivity index (χ3n) is 5.94. The summed E-state index contributed by atoms with van der Waals surface area (Å²) in [5.41, 5.74) is 2.41. The number of rotatable bonds is 11. The fourth-order valence-corrected chi connectivity index (χ4v) is 4.17. The first kappa shape index (κ1) is 27.4. The molecular formula is C28H30Cl2N2O4. The van der Waals surface area contributed by atoms with Gasteiger partial charge >= 0.3 is 0 Å². The molecule has 0 aromatic heterocycles. The van der Waals surface area contributed by atoms with Gasteiger partial charge in [0.15, 0.2) is 11.5 Å². The summed E-state index contributed by atoms with van der Waals surface area (Å²) in [6, 6.07) is 19.9. The van der Waals surface area contributed by atoms with Crippen LogP contribution in [0.4, 0.5) is 0 Å². The Morgan fingerprint density at radius 3 is 2.31 bits per heavy atom. The normalized spacial score (nSPS) is 11.5. The number of carbonyl (C=O) groups is 2. The molecule has 0 aliphatic heterocycles. The molecule has 3 aromatic carbocycles. The third-order valence-corrected chi connectivity index (χ3v) is 6.68. The first-order valence-corrected chi connectivity index (χ1v) is 12.4. The molecule has 0 radical (unpaired) electrons. The first-order valence-electron chi connectivity index (χ1n) is 11.6. The molecule has 1 unspecified atom stereocenters. The lowest BCUT2D eigenvalue weighted by molar-refractivity contribution is -0.121. The predicted octanol–water partition coefficient (Wildman–Crippen LogP) is 5.96. The molecule has 0 bridgehead atoms. The van der Waals surface area contributed by atoms with E-state index < -0.39 is 0 Å². The Hall–Kier alpha value is -3.22. The maximum Gasteiger partial charge on any atom is 0.254 e. The van der Waals surface area contributed by atoms with Crippen LogP contribution in [0, 0.1) is 0 Å². The first-order chi connectivity index (χ1) is 17.3. The zero-order chi connectivity index (χ0) is 26.1. The van der Waals surface area contributed by atoms with Gasteiger partial charge in [-0.2, -0.15) is 0 Å². The highest BCUT2D eigenvalue weighted by molar-refractivity contribution is 6.42. The summed E-state index contributed by atoms with van der Waals surface area (Å²) in [6.45, 7) is 2.65. The Bertz CT molecular complexity index is 1190. The Morgan fingerprint density at radius 1 is 0.917 bits per heavy atom. The molecule has 0 fully saturated rings. The van der Waals surface area contributed by atoms with Crippen LogP contribution in [0.25, 0.3) is 0 Å². The Balaban J connectivity index is 1.64. The van der Waals surface area contributed by atoms with Crippen molar-refractivity contribution in [3.05, 3.63) is 93.5 Å². The van der Waals surface area contributed by atoms with Gasteiger partial charge in [0.05, 0.1) is 30.3 Å². The molecule has 0 spiro atoms. The maximum atomic E-state index is 13.4. The second kappa shape index (κ2) is 13.2. The highest BCUT2D eigenvalue weighted by Crippen LogP contribution is 2.28. The summed E-state index contributed by atoms with van der Waals surface area (Å²) >= 11 is 12.2. The number of nitrogens with one attached hydrogen (secondary N) is 1. The summed E-state index contributed by atoms with van der Waals surface area (Å²) < 4.78 is 10.6. The van der Waals surface area contributed by atoms with Gasteiger partial charge in [0.25, 0.3) is 5.91 Å². The number of ether oxygens (including phenoxy) is 2. The van der Waals surface area contributed by atoms with E-state index in [0.29, 0.717) is 40.1 Å².